The normalized spacial score (nSPS) is 12.3. The average Bonchev–Trinajstić information content (AvgIpc) is 2.84. The standard InChI is InChI=1S/C13H12ClF3N4O2/c1-12(2,3)23-11(22)21-5-4-8(20-21)9-7(13(15,16)17)6-18-10(14)19-9/h4-6H,1-3H3. The number of ether oxygens (including phenoxy) is 1. The molecule has 2 rings (SSSR count). The molecule has 0 aliphatic heterocycles. The molecule has 0 spiro atoms. The molecule has 0 saturated heterocycles. The van der Waals surface area contributed by atoms with Crippen molar-refractivity contribution in [1.82, 2.24) is 19.7 Å². The molecule has 0 N–H and O–H groups in total. The zero-order chi connectivity index (χ0) is 17.4. The number of alkyl halides is 3. The molecule has 2 aromatic heterocycles. The number of carbonyl (C=O) groups is 1. The van der Waals surface area contributed by atoms with E-state index >= 15 is 0 Å². The quantitative estimate of drug-likeness (QED) is 0.733. The van der Waals surface area contributed by atoms with E-state index < -0.39 is 29.1 Å². The highest BCUT2D eigenvalue weighted by molar-refractivity contribution is 6.28. The third-order valence-corrected chi connectivity index (χ3v) is 2.66. The Kier molecular flexibility index (Phi) is 4.34. The Labute approximate surface area is 134 Å². The molecule has 0 fully saturated rings. The Morgan fingerprint density at radius 3 is 2.52 bits per heavy atom. The van der Waals surface area contributed by atoms with Crippen molar-refractivity contribution in [3.8, 4) is 11.4 Å². The predicted octanol–water partition coefficient (Wildman–Crippen LogP) is 3.80. The maximum Gasteiger partial charge on any atom is 0.435 e. The smallest absolute Gasteiger partial charge is 0.435 e. The molecule has 0 radical (unpaired) electrons. The van der Waals surface area contributed by atoms with Gasteiger partial charge in [-0.3, -0.25) is 0 Å². The van der Waals surface area contributed by atoms with Gasteiger partial charge in [0.15, 0.2) is 0 Å². The van der Waals surface area contributed by atoms with Crippen LogP contribution in [-0.4, -0.2) is 31.4 Å². The number of nitrogens with zero attached hydrogens (tertiary/aromatic N) is 4. The van der Waals surface area contributed by atoms with Crippen LogP contribution in [0.2, 0.25) is 5.28 Å². The summed E-state index contributed by atoms with van der Waals surface area (Å²) in [5, 5.41) is 3.41. The lowest BCUT2D eigenvalue weighted by molar-refractivity contribution is -0.137. The van der Waals surface area contributed by atoms with E-state index in [0.29, 0.717) is 6.20 Å². The summed E-state index contributed by atoms with van der Waals surface area (Å²) >= 11 is 5.56. The maximum atomic E-state index is 13.0. The van der Waals surface area contributed by atoms with Gasteiger partial charge in [-0.05, 0) is 38.4 Å². The monoisotopic (exact) mass is 348 g/mol. The van der Waals surface area contributed by atoms with E-state index in [1.165, 1.54) is 12.3 Å². The van der Waals surface area contributed by atoms with Gasteiger partial charge in [-0.25, -0.2) is 14.8 Å². The highest BCUT2D eigenvalue weighted by atomic mass is 35.5. The van der Waals surface area contributed by atoms with Crippen LogP contribution < -0.4 is 0 Å². The van der Waals surface area contributed by atoms with E-state index in [1.54, 1.807) is 20.8 Å². The average molecular weight is 349 g/mol. The molecular weight excluding hydrogens is 337 g/mol. The summed E-state index contributed by atoms with van der Waals surface area (Å²) in [6.07, 6.45) is -3.76. The lowest BCUT2D eigenvalue weighted by Crippen LogP contribution is -2.27. The Morgan fingerprint density at radius 1 is 1.30 bits per heavy atom. The highest BCUT2D eigenvalue weighted by Gasteiger charge is 2.36. The van der Waals surface area contributed by atoms with Crippen LogP contribution in [0.25, 0.3) is 11.4 Å². The Morgan fingerprint density at radius 2 is 1.96 bits per heavy atom. The SMILES string of the molecule is CC(C)(C)OC(=O)n1ccc(-c2nc(Cl)ncc2C(F)(F)F)n1. The second kappa shape index (κ2) is 5.80. The van der Waals surface area contributed by atoms with E-state index in [2.05, 4.69) is 15.1 Å². The zero-order valence-corrected chi connectivity index (χ0v) is 13.1. The van der Waals surface area contributed by atoms with E-state index in [1.807, 2.05) is 0 Å². The molecule has 0 saturated carbocycles. The van der Waals surface area contributed by atoms with Crippen LogP contribution in [-0.2, 0) is 10.9 Å². The molecule has 23 heavy (non-hydrogen) atoms. The van der Waals surface area contributed by atoms with E-state index in [-0.39, 0.29) is 11.0 Å². The molecule has 0 bridgehead atoms. The summed E-state index contributed by atoms with van der Waals surface area (Å²) in [6.45, 7) is 4.96. The molecule has 0 aliphatic carbocycles. The lowest BCUT2D eigenvalue weighted by atomic mass is 10.2. The van der Waals surface area contributed by atoms with Crippen LogP contribution in [0, 0.1) is 0 Å². The van der Waals surface area contributed by atoms with Crippen molar-refractivity contribution < 1.29 is 22.7 Å². The van der Waals surface area contributed by atoms with Crippen LogP contribution in [0.15, 0.2) is 18.5 Å². The number of carbonyl (C=O) groups excluding carboxylic acids is 1. The van der Waals surface area contributed by atoms with Gasteiger partial charge in [0.05, 0.1) is 0 Å². The van der Waals surface area contributed by atoms with Crippen LogP contribution in [0.5, 0.6) is 0 Å². The third-order valence-electron chi connectivity index (χ3n) is 2.48. The summed E-state index contributed by atoms with van der Waals surface area (Å²) in [5.74, 6) is 0. The summed E-state index contributed by atoms with van der Waals surface area (Å²) < 4.78 is 44.9. The fourth-order valence-electron chi connectivity index (χ4n) is 1.62. The summed E-state index contributed by atoms with van der Waals surface area (Å²) in [7, 11) is 0. The van der Waals surface area contributed by atoms with Gasteiger partial charge in [0, 0.05) is 12.4 Å². The van der Waals surface area contributed by atoms with Gasteiger partial charge in [0.2, 0.25) is 5.28 Å². The van der Waals surface area contributed by atoms with Gasteiger partial charge in [-0.15, -0.1) is 0 Å². The second-order valence-corrected chi connectivity index (χ2v) is 5.86. The number of rotatable bonds is 1. The molecule has 0 aromatic carbocycles. The number of halogens is 4. The third kappa shape index (κ3) is 4.19. The zero-order valence-electron chi connectivity index (χ0n) is 12.3. The Balaban J connectivity index is 2.42. The first kappa shape index (κ1) is 17.2. The van der Waals surface area contributed by atoms with Crippen molar-refractivity contribution in [1.29, 1.82) is 0 Å². The Hall–Kier alpha value is -2.16. The molecule has 0 unspecified atom stereocenters. The molecule has 0 atom stereocenters. The molecule has 2 aromatic rings. The van der Waals surface area contributed by atoms with Crippen LogP contribution in [0.4, 0.5) is 18.0 Å². The minimum atomic E-state index is -4.68. The second-order valence-electron chi connectivity index (χ2n) is 5.52. The minimum Gasteiger partial charge on any atom is -0.442 e. The molecule has 0 amide bonds. The molecule has 124 valence electrons. The molecule has 6 nitrogen and oxygen atoms in total. The van der Waals surface area contributed by atoms with Gasteiger partial charge < -0.3 is 4.74 Å². The van der Waals surface area contributed by atoms with E-state index in [9.17, 15) is 18.0 Å². The van der Waals surface area contributed by atoms with E-state index in [4.69, 9.17) is 16.3 Å². The highest BCUT2D eigenvalue weighted by Crippen LogP contribution is 2.35. The molecule has 2 heterocycles. The first-order valence-electron chi connectivity index (χ1n) is 6.36. The largest absolute Gasteiger partial charge is 0.442 e. The molecular formula is C13H12ClF3N4O2. The van der Waals surface area contributed by atoms with Gasteiger partial charge in [0.1, 0.15) is 22.6 Å². The van der Waals surface area contributed by atoms with Crippen LogP contribution >= 0.6 is 11.6 Å². The van der Waals surface area contributed by atoms with E-state index in [0.717, 1.165) is 4.68 Å². The van der Waals surface area contributed by atoms with Crippen molar-refractivity contribution >= 4 is 17.7 Å². The number of hydrogen-bond donors (Lipinski definition) is 0. The fourth-order valence-corrected chi connectivity index (χ4v) is 1.76. The van der Waals surface area contributed by atoms with Crippen molar-refractivity contribution in [3.63, 3.8) is 0 Å². The van der Waals surface area contributed by atoms with Gasteiger partial charge >= 0.3 is 12.3 Å². The number of hydrogen-bond acceptors (Lipinski definition) is 5. The fraction of sp³-hybridized carbons (Fsp3) is 0.385. The number of aromatic nitrogens is 4. The summed E-state index contributed by atoms with van der Waals surface area (Å²) in [5.41, 5.74) is -2.55. The Bertz CT molecular complexity index is 738. The first-order valence-corrected chi connectivity index (χ1v) is 6.74. The maximum absolute atomic E-state index is 13.0. The first-order chi connectivity index (χ1) is 10.5. The minimum absolute atomic E-state index is 0.174. The van der Waals surface area contributed by atoms with Gasteiger partial charge in [-0.2, -0.15) is 23.0 Å². The predicted molar refractivity (Wildman–Crippen MR) is 74.9 cm³/mol. The van der Waals surface area contributed by atoms with Gasteiger partial charge in [0.25, 0.3) is 0 Å². The lowest BCUT2D eigenvalue weighted by Gasteiger charge is -2.18. The van der Waals surface area contributed by atoms with Crippen LogP contribution in [0.3, 0.4) is 0 Å². The van der Waals surface area contributed by atoms with Gasteiger partial charge in [-0.1, -0.05) is 0 Å². The van der Waals surface area contributed by atoms with Crippen molar-refractivity contribution in [2.45, 2.75) is 32.5 Å². The molecule has 10 heteroatoms. The van der Waals surface area contributed by atoms with Crippen molar-refractivity contribution in [2.75, 3.05) is 0 Å². The summed E-state index contributed by atoms with van der Waals surface area (Å²) in [4.78, 5) is 18.7. The molecule has 0 aliphatic rings. The van der Waals surface area contributed by atoms with Crippen molar-refractivity contribution in [2.24, 2.45) is 0 Å². The van der Waals surface area contributed by atoms with Crippen molar-refractivity contribution in [3.05, 3.63) is 29.3 Å². The van der Waals surface area contributed by atoms with Crippen LogP contribution in [0.1, 0.15) is 26.3 Å². The summed E-state index contributed by atoms with van der Waals surface area (Å²) in [6, 6.07) is 1.21. The topological polar surface area (TPSA) is 69.9 Å².